The van der Waals surface area contributed by atoms with Crippen molar-refractivity contribution in [3.05, 3.63) is 45.6 Å². The van der Waals surface area contributed by atoms with Gasteiger partial charge in [0.1, 0.15) is 5.75 Å². The van der Waals surface area contributed by atoms with Crippen LogP contribution in [0.25, 0.3) is 0 Å². The van der Waals surface area contributed by atoms with Crippen LogP contribution in [-0.4, -0.2) is 75.3 Å². The molecule has 9 heteroatoms. The number of carbonyl (C=O) groups excluding carboxylic acids is 1. The molecule has 1 aromatic heterocycles. The fourth-order valence-corrected chi connectivity index (χ4v) is 11.4. The van der Waals surface area contributed by atoms with Crippen LogP contribution in [0.15, 0.2) is 34.5 Å². The van der Waals surface area contributed by atoms with Gasteiger partial charge in [-0.15, -0.1) is 11.3 Å². The Morgan fingerprint density at radius 2 is 1.70 bits per heavy atom. The molecule has 3 aliphatic rings. The highest BCUT2D eigenvalue weighted by Crippen LogP contribution is 2.53. The topological polar surface area (TPSA) is 70.2 Å². The molecular weight excluding hydrogens is 579 g/mol. The van der Waals surface area contributed by atoms with E-state index in [-0.39, 0.29) is 17.5 Å². The Kier molecular flexibility index (Phi) is 9.96. The maximum absolute atomic E-state index is 13.9. The number of piperidine rings is 2. The summed E-state index contributed by atoms with van der Waals surface area (Å²) in [6.07, 6.45) is 11.7. The molecule has 1 aromatic carbocycles. The van der Waals surface area contributed by atoms with Crippen molar-refractivity contribution < 1.29 is 17.9 Å². The van der Waals surface area contributed by atoms with E-state index in [1.54, 1.807) is 23.5 Å². The molecule has 2 aliphatic heterocycles. The van der Waals surface area contributed by atoms with E-state index in [1.165, 1.54) is 30.6 Å². The van der Waals surface area contributed by atoms with E-state index in [0.717, 1.165) is 69.2 Å². The zero-order valence-corrected chi connectivity index (χ0v) is 28.5. The maximum atomic E-state index is 13.9. The normalized spacial score (nSPS) is 22.7. The van der Waals surface area contributed by atoms with Crippen molar-refractivity contribution in [2.45, 2.75) is 107 Å². The number of likely N-dealkylation sites (tertiary alicyclic amines) is 1. The van der Waals surface area contributed by atoms with Crippen molar-refractivity contribution in [2.75, 3.05) is 40.8 Å². The van der Waals surface area contributed by atoms with Crippen molar-refractivity contribution >= 4 is 27.3 Å². The lowest BCUT2D eigenvalue weighted by atomic mass is 9.62. The van der Waals surface area contributed by atoms with Crippen molar-refractivity contribution in [2.24, 2.45) is 5.41 Å². The zero-order valence-electron chi connectivity index (χ0n) is 26.9. The molecule has 2 saturated heterocycles. The molecule has 1 atom stereocenters. The Morgan fingerprint density at radius 1 is 1.02 bits per heavy atom. The Morgan fingerprint density at radius 3 is 2.28 bits per heavy atom. The summed E-state index contributed by atoms with van der Waals surface area (Å²) in [5.74, 6) is 0.911. The first-order chi connectivity index (χ1) is 20.5. The number of nitrogens with zero attached hydrogens (tertiary/aromatic N) is 3. The smallest absolute Gasteiger partial charge is 0.243 e. The van der Waals surface area contributed by atoms with E-state index < -0.39 is 10.0 Å². The number of benzene rings is 1. The monoisotopic (exact) mass is 629 g/mol. The number of aryl methyl sites for hydroxylation is 2. The third kappa shape index (κ3) is 6.56. The minimum Gasteiger partial charge on any atom is -0.497 e. The molecule has 2 aromatic rings. The molecule has 0 N–H and O–H groups in total. The molecule has 1 saturated carbocycles. The molecule has 238 valence electrons. The van der Waals surface area contributed by atoms with E-state index in [0.29, 0.717) is 29.0 Å². The second kappa shape index (κ2) is 13.2. The second-order valence-electron chi connectivity index (χ2n) is 13.5. The quantitative estimate of drug-likeness (QED) is 0.308. The lowest BCUT2D eigenvalue weighted by molar-refractivity contribution is -0.134. The molecule has 1 unspecified atom stereocenters. The van der Waals surface area contributed by atoms with Crippen molar-refractivity contribution in [3.63, 3.8) is 0 Å². The number of ether oxygens (including phenoxy) is 1. The van der Waals surface area contributed by atoms with Crippen LogP contribution in [0, 0.1) is 19.3 Å². The van der Waals surface area contributed by atoms with Crippen LogP contribution in [0.2, 0.25) is 0 Å². The molecule has 3 fully saturated rings. The Balaban J connectivity index is 1.14. The third-order valence-electron chi connectivity index (χ3n) is 10.9. The summed E-state index contributed by atoms with van der Waals surface area (Å²) in [6.45, 7) is 5.94. The third-order valence-corrected chi connectivity index (χ3v) is 14.2. The highest BCUT2D eigenvalue weighted by atomic mass is 32.2. The van der Waals surface area contributed by atoms with E-state index in [1.807, 2.05) is 25.2 Å². The summed E-state index contributed by atoms with van der Waals surface area (Å²) >= 11 is 1.88. The Hall–Kier alpha value is -1.94. The van der Waals surface area contributed by atoms with Gasteiger partial charge in [-0.05, 0) is 132 Å². The molecular formula is C34H51N3O4S2. The molecule has 0 bridgehead atoms. The van der Waals surface area contributed by atoms with Crippen LogP contribution >= 0.6 is 11.3 Å². The average Bonchev–Trinajstić information content (AvgIpc) is 3.53. The van der Waals surface area contributed by atoms with E-state index in [2.05, 4.69) is 41.4 Å². The van der Waals surface area contributed by atoms with Gasteiger partial charge in [-0.25, -0.2) is 8.42 Å². The SMILES string of the molecule is COc1cc(C)c(S(=O)(=O)N2CCCCC2CCCC(=O)N2CCC3(CC2)CCC(c2cccs2)(N(C)C)CC3)c(C)c1. The molecule has 7 nitrogen and oxygen atoms in total. The number of sulfonamides is 1. The standard InChI is InChI=1S/C34H51N3O4S2/c1-26-24-29(41-5)25-27(2)32(26)43(39,40)37-20-7-6-10-28(37)11-8-13-31(38)36-21-18-33(19-22-36)14-16-34(17-15-33,35(3)4)30-12-9-23-42-30/h9,12,23-25,28H,6-8,10-11,13-22H2,1-5H3. The minimum absolute atomic E-state index is 0.0559. The Labute approximate surface area is 263 Å². The number of hydrogen-bond acceptors (Lipinski definition) is 6. The van der Waals surface area contributed by atoms with Gasteiger partial charge in [0.15, 0.2) is 0 Å². The molecule has 5 rings (SSSR count). The number of thiophene rings is 1. The van der Waals surface area contributed by atoms with E-state index in [9.17, 15) is 13.2 Å². The van der Waals surface area contributed by atoms with Gasteiger partial charge in [-0.2, -0.15) is 4.31 Å². The van der Waals surface area contributed by atoms with Crippen molar-refractivity contribution in [1.82, 2.24) is 14.1 Å². The predicted octanol–water partition coefficient (Wildman–Crippen LogP) is 6.73. The van der Waals surface area contributed by atoms with Crippen LogP contribution in [-0.2, 0) is 20.4 Å². The fraction of sp³-hybridized carbons (Fsp3) is 0.676. The largest absolute Gasteiger partial charge is 0.497 e. The van der Waals surface area contributed by atoms with Crippen LogP contribution in [0.3, 0.4) is 0 Å². The molecule has 43 heavy (non-hydrogen) atoms. The highest BCUT2D eigenvalue weighted by molar-refractivity contribution is 7.89. The first kappa shape index (κ1) is 32.5. The fourth-order valence-electron chi connectivity index (χ4n) is 8.16. The first-order valence-corrected chi connectivity index (χ1v) is 18.5. The van der Waals surface area contributed by atoms with Crippen molar-refractivity contribution in [3.8, 4) is 5.75 Å². The van der Waals surface area contributed by atoms with Crippen LogP contribution < -0.4 is 4.74 Å². The summed E-state index contributed by atoms with van der Waals surface area (Å²) in [5, 5.41) is 2.20. The summed E-state index contributed by atoms with van der Waals surface area (Å²) in [4.78, 5) is 19.7. The van der Waals surface area contributed by atoms with Gasteiger partial charge in [0, 0.05) is 37.0 Å². The van der Waals surface area contributed by atoms with Gasteiger partial charge in [-0.3, -0.25) is 9.69 Å². The van der Waals surface area contributed by atoms with Gasteiger partial charge in [0.2, 0.25) is 15.9 Å². The first-order valence-electron chi connectivity index (χ1n) is 16.2. The lowest BCUT2D eigenvalue weighted by Crippen LogP contribution is -2.50. The predicted molar refractivity (Wildman–Crippen MR) is 174 cm³/mol. The number of carbonyl (C=O) groups is 1. The Bertz CT molecular complexity index is 1330. The van der Waals surface area contributed by atoms with Crippen molar-refractivity contribution in [1.29, 1.82) is 0 Å². The molecule has 1 aliphatic carbocycles. The molecule has 0 radical (unpaired) electrons. The van der Waals surface area contributed by atoms with Gasteiger partial charge < -0.3 is 9.64 Å². The second-order valence-corrected chi connectivity index (χ2v) is 16.3. The van der Waals surface area contributed by atoms with Gasteiger partial charge in [0.05, 0.1) is 17.5 Å². The van der Waals surface area contributed by atoms with Crippen LogP contribution in [0.4, 0.5) is 0 Å². The molecule has 1 spiro atoms. The highest BCUT2D eigenvalue weighted by Gasteiger charge is 2.46. The van der Waals surface area contributed by atoms with Gasteiger partial charge >= 0.3 is 0 Å². The van der Waals surface area contributed by atoms with Crippen LogP contribution in [0.5, 0.6) is 5.75 Å². The summed E-state index contributed by atoms with van der Waals surface area (Å²) in [7, 11) is 2.42. The number of hydrogen-bond donors (Lipinski definition) is 0. The van der Waals surface area contributed by atoms with E-state index >= 15 is 0 Å². The lowest BCUT2D eigenvalue weighted by Gasteiger charge is -2.52. The molecule has 1 amide bonds. The van der Waals surface area contributed by atoms with Gasteiger partial charge in [0.25, 0.3) is 0 Å². The van der Waals surface area contributed by atoms with Gasteiger partial charge in [-0.1, -0.05) is 12.5 Å². The average molecular weight is 630 g/mol. The van der Waals surface area contributed by atoms with E-state index in [4.69, 9.17) is 4.74 Å². The minimum atomic E-state index is -3.63. The number of rotatable bonds is 9. The summed E-state index contributed by atoms with van der Waals surface area (Å²) < 4.78 is 34.8. The number of amides is 1. The summed E-state index contributed by atoms with van der Waals surface area (Å²) in [5.41, 5.74) is 1.95. The zero-order chi connectivity index (χ0) is 30.8. The number of methoxy groups -OCH3 is 1. The molecule has 3 heterocycles. The summed E-state index contributed by atoms with van der Waals surface area (Å²) in [6, 6.07) is 8.02. The van der Waals surface area contributed by atoms with Crippen LogP contribution in [0.1, 0.15) is 93.1 Å². The maximum Gasteiger partial charge on any atom is 0.243 e.